The van der Waals surface area contributed by atoms with E-state index in [-0.39, 0.29) is 50.3 Å². The molecule has 0 radical (unpaired) electrons. The van der Waals surface area contributed by atoms with Gasteiger partial charge in [-0.2, -0.15) is 5.10 Å². The average molecular weight is 678 g/mol. The number of nitrogens with one attached hydrogen (secondary N) is 3. The van der Waals surface area contributed by atoms with Gasteiger partial charge in [-0.05, 0) is 42.0 Å². The fourth-order valence-corrected chi connectivity index (χ4v) is 6.51. The lowest BCUT2D eigenvalue weighted by atomic mass is 9.77. The molecule has 1 saturated heterocycles. The number of nitrogens with zero attached hydrogens (tertiary/aromatic N) is 4. The Balaban J connectivity index is 1.22. The molecule has 5 rings (SSSR count). The van der Waals surface area contributed by atoms with E-state index in [2.05, 4.69) is 38.1 Å². The van der Waals surface area contributed by atoms with Gasteiger partial charge in [0.05, 0.1) is 6.20 Å². The van der Waals surface area contributed by atoms with E-state index in [0.717, 1.165) is 25.2 Å². The highest BCUT2D eigenvalue weighted by Crippen LogP contribution is 2.40. The van der Waals surface area contributed by atoms with Gasteiger partial charge in [0.2, 0.25) is 29.6 Å². The third-order valence-electron chi connectivity index (χ3n) is 9.42. The second-order valence-corrected chi connectivity index (χ2v) is 13.0. The second-order valence-electron chi connectivity index (χ2n) is 13.0. The van der Waals surface area contributed by atoms with Crippen molar-refractivity contribution in [3.8, 4) is 0 Å². The summed E-state index contributed by atoms with van der Waals surface area (Å²) in [6, 6.07) is 17.9. The number of carbonyl (C=O) groups is 4. The Labute approximate surface area is 285 Å². The first-order valence-corrected chi connectivity index (χ1v) is 16.9. The van der Waals surface area contributed by atoms with E-state index in [4.69, 9.17) is 0 Å². The molecule has 4 amide bonds. The number of hydrogen-bond donors (Lipinski definition) is 3. The molecule has 0 bridgehead atoms. The minimum atomic E-state index is -2.81. The number of halogens is 2. The molecule has 1 aromatic heterocycles. The molecule has 13 heteroatoms. The average Bonchev–Trinajstić information content (AvgIpc) is 3.50. The van der Waals surface area contributed by atoms with Crippen LogP contribution in [0.2, 0.25) is 0 Å². The van der Waals surface area contributed by atoms with E-state index in [9.17, 15) is 28.0 Å². The van der Waals surface area contributed by atoms with Crippen LogP contribution in [0.1, 0.15) is 50.2 Å². The van der Waals surface area contributed by atoms with Gasteiger partial charge >= 0.3 is 0 Å². The monoisotopic (exact) mass is 677 g/mol. The first-order chi connectivity index (χ1) is 23.5. The van der Waals surface area contributed by atoms with Crippen LogP contribution in [0.3, 0.4) is 0 Å². The van der Waals surface area contributed by atoms with Crippen LogP contribution in [0.25, 0.3) is 0 Å². The summed E-state index contributed by atoms with van der Waals surface area (Å²) in [5, 5.41) is 12.4. The first kappa shape index (κ1) is 35.7. The zero-order valence-corrected chi connectivity index (χ0v) is 28.0. The number of carbonyl (C=O) groups excluding carboxylic acids is 4. The minimum Gasteiger partial charge on any atom is -0.344 e. The summed E-state index contributed by atoms with van der Waals surface area (Å²) in [5.41, 5.74) is 2.41. The molecule has 2 aromatic carbocycles. The number of aromatic nitrogens is 2. The summed E-state index contributed by atoms with van der Waals surface area (Å²) in [6.07, 6.45) is 1.34. The zero-order chi connectivity index (χ0) is 35.0. The van der Waals surface area contributed by atoms with E-state index in [1.54, 1.807) is 49.2 Å². The molecule has 49 heavy (non-hydrogen) atoms. The van der Waals surface area contributed by atoms with Crippen LogP contribution in [0.15, 0.2) is 66.9 Å². The maximum absolute atomic E-state index is 13.9. The van der Waals surface area contributed by atoms with Gasteiger partial charge < -0.3 is 20.9 Å². The predicted molar refractivity (Wildman–Crippen MR) is 182 cm³/mol. The van der Waals surface area contributed by atoms with Crippen molar-refractivity contribution in [3.05, 3.63) is 78.0 Å². The molecule has 0 spiro atoms. The molecule has 3 N–H and O–H groups in total. The van der Waals surface area contributed by atoms with Crippen LogP contribution in [-0.4, -0.2) is 81.4 Å². The lowest BCUT2D eigenvalue weighted by Gasteiger charge is -2.36. The first-order valence-electron chi connectivity index (χ1n) is 16.9. The van der Waals surface area contributed by atoms with Crippen LogP contribution in [0.5, 0.6) is 0 Å². The topological polar surface area (TPSA) is 129 Å². The number of aryl methyl sites for hydroxylation is 1. The van der Waals surface area contributed by atoms with Crippen LogP contribution in [-0.2, 0) is 39.2 Å². The van der Waals surface area contributed by atoms with Crippen LogP contribution in [0.4, 0.5) is 20.3 Å². The van der Waals surface area contributed by atoms with Crippen molar-refractivity contribution in [3.63, 3.8) is 0 Å². The summed E-state index contributed by atoms with van der Waals surface area (Å²) in [4.78, 5) is 57.1. The Morgan fingerprint density at radius 1 is 0.878 bits per heavy atom. The maximum atomic E-state index is 13.9. The number of alkyl halides is 2. The molecular formula is C36H45F2N7O4. The Morgan fingerprint density at radius 2 is 1.53 bits per heavy atom. The summed E-state index contributed by atoms with van der Waals surface area (Å²) in [7, 11) is 1.65. The smallest absolute Gasteiger partial charge is 0.248 e. The van der Waals surface area contributed by atoms with Gasteiger partial charge in [0.1, 0.15) is 17.8 Å². The normalized spacial score (nSPS) is 17.9. The number of piperazine rings is 1. The van der Waals surface area contributed by atoms with E-state index in [0.29, 0.717) is 24.6 Å². The summed E-state index contributed by atoms with van der Waals surface area (Å²) in [5.74, 6) is -5.69. The summed E-state index contributed by atoms with van der Waals surface area (Å²) in [6.45, 7) is 5.13. The Kier molecular flexibility index (Phi) is 11.8. The molecule has 3 aromatic rings. The molecule has 11 nitrogen and oxygen atoms in total. The quantitative estimate of drug-likeness (QED) is 0.247. The van der Waals surface area contributed by atoms with Crippen LogP contribution in [0, 0.1) is 11.8 Å². The predicted octanol–water partition coefficient (Wildman–Crippen LogP) is 4.22. The maximum Gasteiger partial charge on any atom is 0.248 e. The highest BCUT2D eigenvalue weighted by atomic mass is 19.3. The molecule has 2 atom stereocenters. The summed E-state index contributed by atoms with van der Waals surface area (Å²) >= 11 is 0. The fraction of sp³-hybridized carbons (Fsp3) is 0.472. The van der Waals surface area contributed by atoms with Gasteiger partial charge in [-0.25, -0.2) is 8.78 Å². The van der Waals surface area contributed by atoms with Crippen LogP contribution >= 0.6 is 0 Å². The van der Waals surface area contributed by atoms with Gasteiger partial charge in [-0.1, -0.05) is 49.4 Å². The summed E-state index contributed by atoms with van der Waals surface area (Å²) < 4.78 is 29.4. The number of amides is 4. The van der Waals surface area contributed by atoms with Gasteiger partial charge in [-0.15, -0.1) is 0 Å². The van der Waals surface area contributed by atoms with Crippen molar-refractivity contribution in [2.45, 2.75) is 64.0 Å². The Morgan fingerprint density at radius 3 is 2.14 bits per heavy atom. The lowest BCUT2D eigenvalue weighted by Crippen LogP contribution is -2.55. The Hall–Kier alpha value is -4.65. The standard InChI is InChI=1S/C36H45F2N7O4/c1-3-31(46)41-29(35(49)45-21-19-44(20-22-45)24-26-7-5-4-6-8-26)23-25-9-11-28(12-10-25)40-33(47)32(27-13-16-36(37,38)17-14-27)34(48)42-30-15-18-39-43(30)2/h4-12,15,18,27,29,32H,3,13-14,16-17,19-24H2,1-2H3,(H,40,47)(H,41,46)(H,42,48)/t29-,32+/m1/s1. The third kappa shape index (κ3) is 9.71. The molecule has 2 fully saturated rings. The molecule has 1 aliphatic heterocycles. The molecule has 2 heterocycles. The molecule has 262 valence electrons. The Bertz CT molecular complexity index is 1580. The van der Waals surface area contributed by atoms with Gasteiger partial charge in [0, 0.05) is 77.2 Å². The van der Waals surface area contributed by atoms with Crippen molar-refractivity contribution < 1.29 is 28.0 Å². The van der Waals surface area contributed by atoms with E-state index in [1.165, 1.54) is 16.4 Å². The highest BCUT2D eigenvalue weighted by Gasteiger charge is 2.43. The highest BCUT2D eigenvalue weighted by molar-refractivity contribution is 6.10. The van der Waals surface area contributed by atoms with Crippen molar-refractivity contribution in [1.29, 1.82) is 0 Å². The number of anilines is 2. The van der Waals surface area contributed by atoms with Gasteiger partial charge in [0.25, 0.3) is 0 Å². The molecule has 0 unspecified atom stereocenters. The van der Waals surface area contributed by atoms with Crippen molar-refractivity contribution in [2.24, 2.45) is 18.9 Å². The van der Waals surface area contributed by atoms with Crippen molar-refractivity contribution in [2.75, 3.05) is 36.8 Å². The van der Waals surface area contributed by atoms with E-state index < -0.39 is 35.6 Å². The number of rotatable bonds is 12. The molecular weight excluding hydrogens is 632 g/mol. The minimum absolute atomic E-state index is 0.0454. The van der Waals surface area contributed by atoms with Crippen molar-refractivity contribution >= 4 is 35.1 Å². The van der Waals surface area contributed by atoms with E-state index in [1.807, 2.05) is 18.2 Å². The number of hydrogen-bond acceptors (Lipinski definition) is 6. The number of benzene rings is 2. The fourth-order valence-electron chi connectivity index (χ4n) is 6.51. The third-order valence-corrected chi connectivity index (χ3v) is 9.42. The van der Waals surface area contributed by atoms with Gasteiger partial charge in [-0.3, -0.25) is 28.8 Å². The van der Waals surface area contributed by atoms with Gasteiger partial charge in [0.15, 0.2) is 0 Å². The lowest BCUT2D eigenvalue weighted by molar-refractivity contribution is -0.138. The molecule has 1 saturated carbocycles. The SMILES string of the molecule is CCC(=O)N[C@H](Cc1ccc(NC(=O)[C@@H](C(=O)Nc2ccnn2C)C2CCC(F)(F)CC2)cc1)C(=O)N1CCN(Cc2ccccc2)CC1. The zero-order valence-electron chi connectivity index (χ0n) is 28.0. The largest absolute Gasteiger partial charge is 0.344 e. The second kappa shape index (κ2) is 16.2. The molecule has 1 aliphatic carbocycles. The molecule has 2 aliphatic rings. The van der Waals surface area contributed by atoms with Crippen molar-refractivity contribution in [1.82, 2.24) is 24.9 Å². The van der Waals surface area contributed by atoms with Crippen LogP contribution < -0.4 is 16.0 Å². The van der Waals surface area contributed by atoms with E-state index >= 15 is 0 Å².